The van der Waals surface area contributed by atoms with Gasteiger partial charge in [0.05, 0.1) is 16.0 Å². The third kappa shape index (κ3) is 6.90. The molecule has 4 aromatic rings. The van der Waals surface area contributed by atoms with Gasteiger partial charge in [-0.05, 0) is 42.5 Å². The fourth-order valence-electron chi connectivity index (χ4n) is 3.34. The molecule has 4 rings (SSSR count). The number of nitrogens with zero attached hydrogens (tertiary/aromatic N) is 3. The average Bonchev–Trinajstić information content (AvgIpc) is 2.98. The van der Waals surface area contributed by atoms with Crippen LogP contribution in [0.25, 0.3) is 5.76 Å². The van der Waals surface area contributed by atoms with Crippen molar-refractivity contribution in [3.05, 3.63) is 132 Å². The van der Waals surface area contributed by atoms with E-state index in [0.717, 1.165) is 18.2 Å². The summed E-state index contributed by atoms with van der Waals surface area (Å²) >= 11 is 0. The molecule has 0 fully saturated rings. The second kappa shape index (κ2) is 12.4. The lowest BCUT2D eigenvalue weighted by Crippen LogP contribution is -2.08. The number of benzene rings is 4. The van der Waals surface area contributed by atoms with Gasteiger partial charge < -0.3 is 9.47 Å². The van der Waals surface area contributed by atoms with Crippen molar-refractivity contribution in [2.24, 2.45) is 10.2 Å². The topological polar surface area (TPSA) is 155 Å². The fourth-order valence-corrected chi connectivity index (χ4v) is 3.84. The third-order valence-electron chi connectivity index (χ3n) is 5.26. The van der Waals surface area contributed by atoms with Crippen molar-refractivity contribution in [2.75, 3.05) is 0 Å². The van der Waals surface area contributed by atoms with Gasteiger partial charge in [0.2, 0.25) is 5.70 Å². The SMILES string of the molecule is N#C/C(N=Nc1cc(S(=O)(=O)O)ccc1OC(=O)c1ccccc1)=C(\OC(=O)c1ccccc1)c1ccccc1. The van der Waals surface area contributed by atoms with Crippen molar-refractivity contribution in [1.82, 2.24) is 0 Å². The van der Waals surface area contributed by atoms with Gasteiger partial charge in [0, 0.05) is 5.56 Å². The zero-order valence-corrected chi connectivity index (χ0v) is 21.4. The number of carbonyl (C=O) groups excluding carboxylic acids is 2. The van der Waals surface area contributed by atoms with E-state index in [9.17, 15) is 27.8 Å². The summed E-state index contributed by atoms with van der Waals surface area (Å²) < 4.78 is 43.9. The Labute approximate surface area is 229 Å². The minimum absolute atomic E-state index is 0.204. The maximum Gasteiger partial charge on any atom is 0.343 e. The zero-order valence-electron chi connectivity index (χ0n) is 20.5. The van der Waals surface area contributed by atoms with E-state index in [1.165, 1.54) is 24.3 Å². The van der Waals surface area contributed by atoms with Gasteiger partial charge >= 0.3 is 11.9 Å². The first kappa shape index (κ1) is 27.6. The molecule has 4 aromatic carbocycles. The monoisotopic (exact) mass is 553 g/mol. The molecular formula is C29H19N3O7S. The highest BCUT2D eigenvalue weighted by molar-refractivity contribution is 7.85. The maximum absolute atomic E-state index is 12.8. The highest BCUT2D eigenvalue weighted by Gasteiger charge is 2.19. The predicted molar refractivity (Wildman–Crippen MR) is 143 cm³/mol. The van der Waals surface area contributed by atoms with Gasteiger partial charge in [-0.25, -0.2) is 9.59 Å². The fraction of sp³-hybridized carbons (Fsp3) is 0. The van der Waals surface area contributed by atoms with E-state index < -0.39 is 32.6 Å². The molecular weight excluding hydrogens is 534 g/mol. The Morgan fingerprint density at radius 2 is 1.27 bits per heavy atom. The first-order chi connectivity index (χ1) is 19.3. The summed E-state index contributed by atoms with van der Waals surface area (Å²) in [5, 5.41) is 17.7. The van der Waals surface area contributed by atoms with Gasteiger partial charge in [0.15, 0.2) is 11.5 Å². The minimum atomic E-state index is -4.66. The van der Waals surface area contributed by atoms with E-state index in [1.54, 1.807) is 66.7 Å². The van der Waals surface area contributed by atoms with Crippen LogP contribution in [0.4, 0.5) is 5.69 Å². The van der Waals surface area contributed by atoms with Crippen molar-refractivity contribution in [1.29, 1.82) is 5.26 Å². The minimum Gasteiger partial charge on any atom is -0.421 e. The van der Waals surface area contributed by atoms with Crippen molar-refractivity contribution < 1.29 is 32.0 Å². The lowest BCUT2D eigenvalue weighted by Gasteiger charge is -2.10. The number of rotatable bonds is 8. The van der Waals surface area contributed by atoms with Crippen molar-refractivity contribution in [3.8, 4) is 11.8 Å². The molecule has 198 valence electrons. The molecule has 0 unspecified atom stereocenters. The van der Waals surface area contributed by atoms with E-state index in [0.29, 0.717) is 5.56 Å². The van der Waals surface area contributed by atoms with Gasteiger partial charge in [-0.1, -0.05) is 66.7 Å². The molecule has 0 atom stereocenters. The Balaban J connectivity index is 1.78. The highest BCUT2D eigenvalue weighted by atomic mass is 32.2. The van der Waals surface area contributed by atoms with Crippen LogP contribution in [0.15, 0.2) is 130 Å². The molecule has 0 spiro atoms. The largest absolute Gasteiger partial charge is 0.421 e. The van der Waals surface area contributed by atoms with E-state index >= 15 is 0 Å². The van der Waals surface area contributed by atoms with Gasteiger partial charge in [-0.3, -0.25) is 4.55 Å². The molecule has 0 aliphatic carbocycles. The number of nitriles is 1. The van der Waals surface area contributed by atoms with Gasteiger partial charge in [0.25, 0.3) is 10.1 Å². The molecule has 0 aliphatic rings. The summed E-state index contributed by atoms with van der Waals surface area (Å²) in [6.45, 7) is 0. The molecule has 0 radical (unpaired) electrons. The van der Waals surface area contributed by atoms with Crippen LogP contribution in [0, 0.1) is 11.3 Å². The van der Waals surface area contributed by atoms with Crippen LogP contribution in [-0.2, 0) is 14.9 Å². The quantitative estimate of drug-likeness (QED) is 0.0697. The highest BCUT2D eigenvalue weighted by Crippen LogP contribution is 2.33. The number of carbonyl (C=O) groups is 2. The van der Waals surface area contributed by atoms with Gasteiger partial charge in [-0.15, -0.1) is 10.2 Å². The molecule has 0 bridgehead atoms. The average molecular weight is 554 g/mol. The third-order valence-corrected chi connectivity index (χ3v) is 6.11. The Morgan fingerprint density at radius 3 is 1.80 bits per heavy atom. The van der Waals surface area contributed by atoms with Crippen molar-refractivity contribution >= 4 is 33.5 Å². The Morgan fingerprint density at radius 1 is 0.750 bits per heavy atom. The summed E-state index contributed by atoms with van der Waals surface area (Å²) in [6.07, 6.45) is 0. The molecule has 40 heavy (non-hydrogen) atoms. The van der Waals surface area contributed by atoms with Crippen LogP contribution in [0.1, 0.15) is 26.3 Å². The number of allylic oxidation sites excluding steroid dienone is 1. The zero-order chi connectivity index (χ0) is 28.5. The molecule has 0 aromatic heterocycles. The van der Waals surface area contributed by atoms with E-state index in [-0.39, 0.29) is 28.3 Å². The summed E-state index contributed by atoms with van der Waals surface area (Å²) in [5.74, 6) is -1.94. The molecule has 1 N–H and O–H groups in total. The Bertz CT molecular complexity index is 1750. The van der Waals surface area contributed by atoms with Crippen LogP contribution in [0.5, 0.6) is 5.75 Å². The first-order valence-electron chi connectivity index (χ1n) is 11.5. The van der Waals surface area contributed by atoms with E-state index in [1.807, 2.05) is 6.07 Å². The second-order valence-electron chi connectivity index (χ2n) is 7.97. The van der Waals surface area contributed by atoms with E-state index in [4.69, 9.17) is 9.47 Å². The standard InChI is InChI=1S/C29H19N3O7S/c30-19-25(27(20-10-4-1-5-11-20)39-29(34)22-14-8-3-9-15-22)32-31-24-18-23(40(35,36)37)16-17-26(24)38-28(33)21-12-6-2-7-13-21/h1-18H,(H,35,36,37)/b27-25+,32-31?. The Kier molecular flexibility index (Phi) is 8.55. The molecule has 0 saturated carbocycles. The normalized spacial score (nSPS) is 11.8. The van der Waals surface area contributed by atoms with Crippen LogP contribution in [0.3, 0.4) is 0 Å². The second-order valence-corrected chi connectivity index (χ2v) is 9.39. The van der Waals surface area contributed by atoms with Gasteiger partial charge in [-0.2, -0.15) is 13.7 Å². The van der Waals surface area contributed by atoms with Crippen LogP contribution < -0.4 is 4.74 Å². The van der Waals surface area contributed by atoms with Crippen LogP contribution in [0.2, 0.25) is 0 Å². The molecule has 0 aliphatic heterocycles. The summed E-state index contributed by atoms with van der Waals surface area (Å²) in [7, 11) is -4.66. The molecule has 10 nitrogen and oxygen atoms in total. The maximum atomic E-state index is 12.8. The summed E-state index contributed by atoms with van der Waals surface area (Å²) in [6, 6.07) is 29.2. The number of azo groups is 1. The molecule has 0 saturated heterocycles. The Hall–Kier alpha value is -5.44. The number of hydrogen-bond acceptors (Lipinski definition) is 9. The van der Waals surface area contributed by atoms with Gasteiger partial charge in [0.1, 0.15) is 11.8 Å². The van der Waals surface area contributed by atoms with Crippen molar-refractivity contribution in [2.45, 2.75) is 4.90 Å². The van der Waals surface area contributed by atoms with E-state index in [2.05, 4.69) is 10.2 Å². The summed E-state index contributed by atoms with van der Waals surface area (Å²) in [4.78, 5) is 24.9. The number of hydrogen-bond donors (Lipinski definition) is 1. The summed E-state index contributed by atoms with van der Waals surface area (Å²) in [5.41, 5.74) is 0.0360. The lowest BCUT2D eigenvalue weighted by molar-refractivity contribution is 0.0688. The molecule has 0 heterocycles. The first-order valence-corrected chi connectivity index (χ1v) is 13.0. The van der Waals surface area contributed by atoms with Crippen LogP contribution in [-0.4, -0.2) is 24.9 Å². The molecule has 0 amide bonds. The molecule has 11 heteroatoms. The predicted octanol–water partition coefficient (Wildman–Crippen LogP) is 5.99. The number of esters is 2. The van der Waals surface area contributed by atoms with Crippen LogP contribution >= 0.6 is 0 Å². The lowest BCUT2D eigenvalue weighted by atomic mass is 10.1. The number of ether oxygens (including phenoxy) is 2. The smallest absolute Gasteiger partial charge is 0.343 e. The van der Waals surface area contributed by atoms with Crippen molar-refractivity contribution in [3.63, 3.8) is 0 Å².